The lowest BCUT2D eigenvalue weighted by Crippen LogP contribution is -2.51. The average Bonchev–Trinajstić information content (AvgIpc) is 3.35. The summed E-state index contributed by atoms with van der Waals surface area (Å²) in [6.45, 7) is 1.90. The van der Waals surface area contributed by atoms with Gasteiger partial charge in [0.2, 0.25) is 11.2 Å². The summed E-state index contributed by atoms with van der Waals surface area (Å²) >= 11 is 0. The van der Waals surface area contributed by atoms with Gasteiger partial charge in [0.25, 0.3) is 5.91 Å². The quantitative estimate of drug-likeness (QED) is 0.499. The minimum Gasteiger partial charge on any atom is -0.420 e. The number of rotatable bonds is 5. The fourth-order valence-corrected chi connectivity index (χ4v) is 5.24. The molecule has 0 aliphatic carbocycles. The second-order valence-electron chi connectivity index (χ2n) is 8.83. The van der Waals surface area contributed by atoms with Crippen molar-refractivity contribution >= 4 is 11.9 Å². The van der Waals surface area contributed by atoms with E-state index in [0.717, 1.165) is 12.3 Å². The van der Waals surface area contributed by atoms with Gasteiger partial charge in [-0.15, -0.1) is 0 Å². The van der Waals surface area contributed by atoms with Gasteiger partial charge in [0.1, 0.15) is 5.82 Å². The molecule has 0 N–H and O–H groups in total. The van der Waals surface area contributed by atoms with Gasteiger partial charge in [-0.2, -0.15) is 5.10 Å². The first-order valence-corrected chi connectivity index (χ1v) is 11.6. The molecule has 2 aliphatic heterocycles. The maximum absolute atomic E-state index is 15.3. The molecule has 5 rings (SSSR count). The van der Waals surface area contributed by atoms with Crippen LogP contribution in [-0.2, 0) is 4.79 Å². The highest BCUT2D eigenvalue weighted by molar-refractivity contribution is 5.97. The van der Waals surface area contributed by atoms with E-state index in [2.05, 4.69) is 5.10 Å². The Kier molecular flexibility index (Phi) is 6.11. The summed E-state index contributed by atoms with van der Waals surface area (Å²) in [5, 5.41) is 4.21. The molecule has 1 saturated heterocycles. The summed E-state index contributed by atoms with van der Waals surface area (Å²) in [5.41, 5.74) is -0.715. The Labute approximate surface area is 204 Å². The lowest BCUT2D eigenvalue weighted by atomic mass is 9.79. The molecule has 1 amide bonds. The smallest absolute Gasteiger partial charge is 0.311 e. The lowest BCUT2D eigenvalue weighted by molar-refractivity contribution is -0.134. The zero-order valence-corrected chi connectivity index (χ0v) is 19.3. The van der Waals surface area contributed by atoms with Gasteiger partial charge in [-0.25, -0.2) is 17.9 Å². The summed E-state index contributed by atoms with van der Waals surface area (Å²) in [6, 6.07) is 7.91. The van der Waals surface area contributed by atoms with Crippen LogP contribution in [0.4, 0.5) is 13.2 Å². The summed E-state index contributed by atoms with van der Waals surface area (Å²) in [7, 11) is 0. The van der Waals surface area contributed by atoms with Crippen molar-refractivity contribution < 1.29 is 27.5 Å². The highest BCUT2D eigenvalue weighted by atomic mass is 19.2. The average molecular weight is 497 g/mol. The van der Waals surface area contributed by atoms with Crippen molar-refractivity contribution in [2.45, 2.75) is 44.2 Å². The fourth-order valence-electron chi connectivity index (χ4n) is 5.24. The van der Waals surface area contributed by atoms with Gasteiger partial charge in [-0.05, 0) is 36.6 Å². The number of amides is 1. The molecule has 0 spiro atoms. The number of benzene rings is 2. The molecule has 1 unspecified atom stereocenters. The zero-order valence-electron chi connectivity index (χ0n) is 19.3. The van der Waals surface area contributed by atoms with Crippen molar-refractivity contribution in [3.63, 3.8) is 0 Å². The Hall–Kier alpha value is -3.95. The lowest BCUT2D eigenvalue weighted by Gasteiger charge is -2.42. The predicted molar refractivity (Wildman–Crippen MR) is 122 cm³/mol. The number of aromatic nitrogens is 2. The standard InChI is InChI=1S/C26H22F3N3O4/c1-2-20(34)36-25-19(33)13-30-32-23(18-10-5-11-31(18)26(35)24(25)32)21(14-6-3-7-15(27)12-14)16-8-4-9-17(28)22(16)29/h3-4,6-9,12-13,18,21,23H,2,5,10-11H2,1H3/t18-,21?,23-/m1/s1. The van der Waals surface area contributed by atoms with Crippen LogP contribution >= 0.6 is 0 Å². The summed E-state index contributed by atoms with van der Waals surface area (Å²) in [6.07, 6.45) is 2.04. The number of ether oxygens (including phenoxy) is 1. The zero-order chi connectivity index (χ0) is 25.6. The number of fused-ring (bicyclic) bond motifs is 2. The second-order valence-corrected chi connectivity index (χ2v) is 8.83. The van der Waals surface area contributed by atoms with Crippen molar-refractivity contribution in [1.82, 2.24) is 14.7 Å². The van der Waals surface area contributed by atoms with Crippen LogP contribution in [0.3, 0.4) is 0 Å². The molecular weight excluding hydrogens is 475 g/mol. The molecule has 1 fully saturated rings. The molecule has 10 heteroatoms. The van der Waals surface area contributed by atoms with E-state index in [0.29, 0.717) is 24.9 Å². The Morgan fingerprint density at radius 2 is 1.94 bits per heavy atom. The summed E-state index contributed by atoms with van der Waals surface area (Å²) in [4.78, 5) is 39.8. The van der Waals surface area contributed by atoms with Crippen LogP contribution in [0.25, 0.3) is 0 Å². The Balaban J connectivity index is 1.80. The van der Waals surface area contributed by atoms with Crippen LogP contribution < -0.4 is 10.2 Å². The molecule has 0 saturated carbocycles. The van der Waals surface area contributed by atoms with Crippen LogP contribution in [0.15, 0.2) is 53.5 Å². The molecule has 3 heterocycles. The molecule has 3 aromatic rings. The van der Waals surface area contributed by atoms with Crippen molar-refractivity contribution in [3.05, 3.63) is 93.2 Å². The normalized spacial score (nSPS) is 19.6. The van der Waals surface area contributed by atoms with E-state index in [-0.39, 0.29) is 17.7 Å². The van der Waals surface area contributed by atoms with E-state index >= 15 is 4.39 Å². The SMILES string of the molecule is CCC(=O)Oc1c2n(ncc1=O)[C@@H](C(c1cccc(F)c1)c1cccc(F)c1F)[C@H]1CCCN1C2=O. The monoisotopic (exact) mass is 497 g/mol. The molecule has 0 radical (unpaired) electrons. The van der Waals surface area contributed by atoms with Gasteiger partial charge in [-0.3, -0.25) is 14.4 Å². The number of hydrogen-bond donors (Lipinski definition) is 0. The topological polar surface area (TPSA) is 81.5 Å². The minimum atomic E-state index is -1.10. The van der Waals surface area contributed by atoms with Crippen LogP contribution in [0.2, 0.25) is 0 Å². The fraction of sp³-hybridized carbons (Fsp3) is 0.308. The van der Waals surface area contributed by atoms with Gasteiger partial charge < -0.3 is 9.64 Å². The molecule has 7 nitrogen and oxygen atoms in total. The highest BCUT2D eigenvalue weighted by Crippen LogP contribution is 2.46. The van der Waals surface area contributed by atoms with Crippen LogP contribution in [0.1, 0.15) is 59.8 Å². The van der Waals surface area contributed by atoms with E-state index in [1.807, 2.05) is 0 Å². The maximum Gasteiger partial charge on any atom is 0.311 e. The first-order chi connectivity index (χ1) is 17.3. The third-order valence-corrected chi connectivity index (χ3v) is 6.78. The predicted octanol–water partition coefficient (Wildman–Crippen LogP) is 3.97. The Morgan fingerprint density at radius 3 is 2.69 bits per heavy atom. The molecule has 2 aromatic carbocycles. The minimum absolute atomic E-state index is 0.0361. The van der Waals surface area contributed by atoms with Gasteiger partial charge in [-0.1, -0.05) is 31.2 Å². The Morgan fingerprint density at radius 1 is 1.17 bits per heavy atom. The third-order valence-electron chi connectivity index (χ3n) is 6.78. The maximum atomic E-state index is 15.3. The highest BCUT2D eigenvalue weighted by Gasteiger charge is 2.49. The van der Waals surface area contributed by atoms with Crippen molar-refractivity contribution in [2.24, 2.45) is 0 Å². The van der Waals surface area contributed by atoms with E-state index in [9.17, 15) is 23.2 Å². The third kappa shape index (κ3) is 3.86. The molecular formula is C26H22F3N3O4. The molecule has 0 bridgehead atoms. The Bertz CT molecular complexity index is 1420. The molecule has 36 heavy (non-hydrogen) atoms. The van der Waals surface area contributed by atoms with Gasteiger partial charge in [0.05, 0.1) is 18.3 Å². The molecule has 2 aliphatic rings. The second kappa shape index (κ2) is 9.25. The molecule has 1 aromatic heterocycles. The van der Waals surface area contributed by atoms with Crippen LogP contribution in [0.5, 0.6) is 5.75 Å². The van der Waals surface area contributed by atoms with Gasteiger partial charge in [0, 0.05) is 24.4 Å². The number of nitrogens with zero attached hydrogens (tertiary/aromatic N) is 3. The van der Waals surface area contributed by atoms with E-state index in [4.69, 9.17) is 4.74 Å². The van der Waals surface area contributed by atoms with Crippen molar-refractivity contribution in [1.29, 1.82) is 0 Å². The number of hydrogen-bond acceptors (Lipinski definition) is 5. The number of halogens is 3. The first kappa shape index (κ1) is 23.8. The number of carbonyl (C=O) groups excluding carboxylic acids is 2. The molecule has 186 valence electrons. The van der Waals surface area contributed by atoms with Gasteiger partial charge in [0.15, 0.2) is 17.3 Å². The number of esters is 1. The van der Waals surface area contributed by atoms with E-state index in [1.165, 1.54) is 39.9 Å². The van der Waals surface area contributed by atoms with Crippen LogP contribution in [-0.4, -0.2) is 39.1 Å². The molecule has 3 atom stereocenters. The number of carbonyl (C=O) groups is 2. The summed E-state index contributed by atoms with van der Waals surface area (Å²) < 4.78 is 50.5. The van der Waals surface area contributed by atoms with Gasteiger partial charge >= 0.3 is 5.97 Å². The largest absolute Gasteiger partial charge is 0.420 e. The summed E-state index contributed by atoms with van der Waals surface area (Å²) in [5.74, 6) is -5.46. The van der Waals surface area contributed by atoms with E-state index in [1.54, 1.807) is 13.0 Å². The first-order valence-electron chi connectivity index (χ1n) is 11.6. The van der Waals surface area contributed by atoms with Crippen LogP contribution in [0, 0.1) is 17.5 Å². The van der Waals surface area contributed by atoms with Crippen molar-refractivity contribution in [2.75, 3.05) is 6.54 Å². The van der Waals surface area contributed by atoms with Crippen molar-refractivity contribution in [3.8, 4) is 5.75 Å². The van der Waals surface area contributed by atoms with E-state index < -0.39 is 58.5 Å².